The Morgan fingerprint density at radius 1 is 1.15 bits per heavy atom. The summed E-state index contributed by atoms with van der Waals surface area (Å²) in [4.78, 5) is 12.2. The van der Waals surface area contributed by atoms with E-state index in [9.17, 15) is 9.36 Å². The summed E-state index contributed by atoms with van der Waals surface area (Å²) >= 11 is 0. The third kappa shape index (κ3) is 6.04. The van der Waals surface area contributed by atoms with E-state index in [1.54, 1.807) is 27.9 Å². The highest BCUT2D eigenvalue weighted by atomic mass is 31.2. The number of carbonyl (C=O) groups excluding carboxylic acids is 1. The third-order valence-electron chi connectivity index (χ3n) is 3.57. The average Bonchev–Trinajstić information content (AvgIpc) is 2.97. The first-order valence-electron chi connectivity index (χ1n) is 9.02. The van der Waals surface area contributed by atoms with Crippen molar-refractivity contribution in [2.45, 2.75) is 53.6 Å². The van der Waals surface area contributed by atoms with Crippen LogP contribution in [-0.2, 0) is 39.9 Å². The molecule has 1 rings (SSSR count). The summed E-state index contributed by atoms with van der Waals surface area (Å²) in [6, 6.07) is 0. The summed E-state index contributed by atoms with van der Waals surface area (Å²) in [6.07, 6.45) is 2.62. The largest absolute Gasteiger partial charge is 0.468 e. The van der Waals surface area contributed by atoms with Crippen LogP contribution < -0.4 is 0 Å². The van der Waals surface area contributed by atoms with Gasteiger partial charge in [-0.1, -0.05) is 20.8 Å². The number of furan rings is 1. The molecule has 0 saturated carbocycles. The molecule has 1 aromatic rings. The lowest BCUT2D eigenvalue weighted by molar-refractivity contribution is -0.137. The van der Waals surface area contributed by atoms with Crippen molar-refractivity contribution in [3.05, 3.63) is 29.2 Å². The van der Waals surface area contributed by atoms with Crippen LogP contribution in [0.3, 0.4) is 0 Å². The Hall–Kier alpha value is -1.40. The van der Waals surface area contributed by atoms with Crippen LogP contribution in [0.25, 0.3) is 5.31 Å². The molecule has 7 nitrogen and oxygen atoms in total. The van der Waals surface area contributed by atoms with E-state index in [1.165, 1.54) is 6.26 Å². The van der Waals surface area contributed by atoms with Crippen molar-refractivity contribution < 1.29 is 32.3 Å². The van der Waals surface area contributed by atoms with Gasteiger partial charge in [-0.15, -0.1) is 0 Å². The normalized spacial score (nSPS) is 13.1. The van der Waals surface area contributed by atoms with Gasteiger partial charge in [0.15, 0.2) is 0 Å². The van der Waals surface area contributed by atoms with E-state index in [4.69, 9.17) is 22.9 Å². The highest BCUT2D eigenvalue weighted by molar-refractivity contribution is 7.65. The summed E-state index contributed by atoms with van der Waals surface area (Å²) in [6.45, 7) is 11.8. The van der Waals surface area contributed by atoms with E-state index in [1.807, 2.05) is 20.8 Å². The van der Waals surface area contributed by atoms with Gasteiger partial charge < -0.3 is 22.9 Å². The van der Waals surface area contributed by atoms with Crippen LogP contribution in [0.5, 0.6) is 0 Å². The van der Waals surface area contributed by atoms with Crippen LogP contribution in [0.1, 0.15) is 58.4 Å². The van der Waals surface area contributed by atoms with Crippen LogP contribution in [0.15, 0.2) is 16.8 Å². The van der Waals surface area contributed by atoms with Gasteiger partial charge in [0.2, 0.25) is 0 Å². The van der Waals surface area contributed by atoms with Gasteiger partial charge in [0.05, 0.1) is 38.0 Å². The van der Waals surface area contributed by atoms with Crippen molar-refractivity contribution in [2.24, 2.45) is 0 Å². The zero-order valence-corrected chi connectivity index (χ0v) is 18.2. The van der Waals surface area contributed by atoms with Gasteiger partial charge in [-0.3, -0.25) is 4.57 Å². The molecule has 0 fully saturated rings. The SMILES string of the molecule is CCOC(=O)/C=C(\c1coc(C(C)(C)C)c1COC)P(=O)(OCC)OCC. The van der Waals surface area contributed by atoms with Crippen LogP contribution in [0, 0.1) is 0 Å². The Labute approximate surface area is 161 Å². The highest BCUT2D eigenvalue weighted by Gasteiger charge is 2.36. The molecule has 154 valence electrons. The number of hydrogen-bond donors (Lipinski definition) is 0. The maximum absolute atomic E-state index is 13.5. The van der Waals surface area contributed by atoms with E-state index in [0.29, 0.717) is 16.9 Å². The maximum Gasteiger partial charge on any atom is 0.362 e. The Morgan fingerprint density at radius 3 is 2.19 bits per heavy atom. The molecule has 0 spiro atoms. The minimum absolute atomic E-state index is 0.107. The Kier molecular flexibility index (Phi) is 8.95. The van der Waals surface area contributed by atoms with Crippen molar-refractivity contribution in [3.8, 4) is 0 Å². The smallest absolute Gasteiger partial charge is 0.362 e. The fraction of sp³-hybridized carbons (Fsp3) is 0.632. The molecule has 0 unspecified atom stereocenters. The summed E-state index contributed by atoms with van der Waals surface area (Å²) in [7, 11) is -2.22. The molecule has 0 aromatic carbocycles. The molecule has 27 heavy (non-hydrogen) atoms. The van der Waals surface area contributed by atoms with E-state index in [-0.39, 0.29) is 37.2 Å². The van der Waals surface area contributed by atoms with Gasteiger partial charge in [0, 0.05) is 29.7 Å². The lowest BCUT2D eigenvalue weighted by Crippen LogP contribution is -2.13. The van der Waals surface area contributed by atoms with Crippen molar-refractivity contribution in [3.63, 3.8) is 0 Å². The number of hydrogen-bond acceptors (Lipinski definition) is 7. The molecule has 0 aliphatic carbocycles. The van der Waals surface area contributed by atoms with Gasteiger partial charge >= 0.3 is 13.6 Å². The second kappa shape index (κ2) is 10.2. The van der Waals surface area contributed by atoms with Crippen molar-refractivity contribution in [2.75, 3.05) is 26.9 Å². The van der Waals surface area contributed by atoms with Gasteiger partial charge in [-0.05, 0) is 20.8 Å². The molecule has 1 heterocycles. The standard InChI is InChI=1S/C19H31O7P/c1-8-23-17(20)11-16(27(21,25-9-2)26-10-3)14-13-24-18(19(4,5)6)15(14)12-22-7/h11,13H,8-10,12H2,1-7H3/b16-11+. The molecule has 0 saturated heterocycles. The third-order valence-corrected chi connectivity index (χ3v) is 5.73. The van der Waals surface area contributed by atoms with Gasteiger partial charge in [-0.25, -0.2) is 4.79 Å². The van der Waals surface area contributed by atoms with Crippen LogP contribution in [0.2, 0.25) is 0 Å². The average molecular weight is 402 g/mol. The van der Waals surface area contributed by atoms with Gasteiger partial charge in [-0.2, -0.15) is 0 Å². The summed E-state index contributed by atoms with van der Waals surface area (Å²) in [5.74, 6) is 0.0441. The van der Waals surface area contributed by atoms with E-state index in [2.05, 4.69) is 0 Å². The minimum atomic E-state index is -3.77. The molecule has 0 bridgehead atoms. The van der Waals surface area contributed by atoms with E-state index in [0.717, 1.165) is 6.08 Å². The zero-order valence-electron chi connectivity index (χ0n) is 17.3. The zero-order chi connectivity index (χ0) is 20.7. The van der Waals surface area contributed by atoms with Crippen LogP contribution >= 0.6 is 7.60 Å². The predicted molar refractivity (Wildman–Crippen MR) is 104 cm³/mol. The number of methoxy groups -OCH3 is 1. The number of esters is 1. The minimum Gasteiger partial charge on any atom is -0.468 e. The molecule has 0 atom stereocenters. The van der Waals surface area contributed by atoms with Gasteiger partial charge in [0.1, 0.15) is 5.76 Å². The monoisotopic (exact) mass is 402 g/mol. The number of ether oxygens (including phenoxy) is 2. The lowest BCUT2D eigenvalue weighted by atomic mass is 9.89. The molecule has 8 heteroatoms. The molecular weight excluding hydrogens is 371 g/mol. The quantitative estimate of drug-likeness (QED) is 0.313. The Morgan fingerprint density at radius 2 is 1.74 bits per heavy atom. The molecule has 0 amide bonds. The number of carbonyl (C=O) groups is 1. The predicted octanol–water partition coefficient (Wildman–Crippen LogP) is 4.89. The van der Waals surface area contributed by atoms with Crippen LogP contribution in [-0.4, -0.2) is 32.9 Å². The summed E-state index contributed by atoms with van der Waals surface area (Å²) < 4.78 is 40.5. The molecule has 0 radical (unpaired) electrons. The highest BCUT2D eigenvalue weighted by Crippen LogP contribution is 2.61. The Bertz CT molecular complexity index is 687. The fourth-order valence-corrected chi connectivity index (χ4v) is 4.41. The summed E-state index contributed by atoms with van der Waals surface area (Å²) in [5.41, 5.74) is 0.836. The Balaban J connectivity index is 3.68. The maximum atomic E-state index is 13.5. The molecule has 0 aliphatic heterocycles. The van der Waals surface area contributed by atoms with Crippen LogP contribution in [0.4, 0.5) is 0 Å². The molecular formula is C19H31O7P. The first kappa shape index (κ1) is 23.6. The molecule has 0 aliphatic rings. The van der Waals surface area contributed by atoms with Gasteiger partial charge in [0.25, 0.3) is 0 Å². The van der Waals surface area contributed by atoms with Crippen molar-refractivity contribution >= 4 is 18.9 Å². The van der Waals surface area contributed by atoms with E-state index < -0.39 is 13.6 Å². The first-order chi connectivity index (χ1) is 12.6. The second-order valence-corrected chi connectivity index (χ2v) is 8.75. The fourth-order valence-electron chi connectivity index (χ4n) is 2.63. The van der Waals surface area contributed by atoms with Crippen molar-refractivity contribution in [1.82, 2.24) is 0 Å². The van der Waals surface area contributed by atoms with Crippen molar-refractivity contribution in [1.29, 1.82) is 0 Å². The molecule has 0 N–H and O–H groups in total. The molecule has 1 aromatic heterocycles. The van der Waals surface area contributed by atoms with E-state index >= 15 is 0 Å². The topological polar surface area (TPSA) is 84.2 Å². The first-order valence-corrected chi connectivity index (χ1v) is 10.6. The lowest BCUT2D eigenvalue weighted by Gasteiger charge is -2.21. The summed E-state index contributed by atoms with van der Waals surface area (Å²) in [5, 5.41) is 0.107. The number of rotatable bonds is 10. The second-order valence-electron chi connectivity index (χ2n) is 6.75.